The van der Waals surface area contributed by atoms with Crippen LogP contribution >= 0.6 is 0 Å². The van der Waals surface area contributed by atoms with Gasteiger partial charge in [-0.3, -0.25) is 4.79 Å². The maximum atomic E-state index is 12.9. The first kappa shape index (κ1) is 21.4. The second kappa shape index (κ2) is 9.47. The van der Waals surface area contributed by atoms with Gasteiger partial charge in [0.05, 0.1) is 5.56 Å². The molecule has 1 amide bonds. The molecule has 1 aromatic heterocycles. The molecule has 0 aliphatic rings. The van der Waals surface area contributed by atoms with Gasteiger partial charge in [-0.25, -0.2) is 0 Å². The molecule has 156 valence electrons. The number of likely N-dealkylation sites (N-methyl/N-ethyl adjacent to an activating group) is 1. The van der Waals surface area contributed by atoms with Crippen LogP contribution in [-0.4, -0.2) is 42.1 Å². The number of hydrogen-bond donors (Lipinski definition) is 1. The van der Waals surface area contributed by atoms with E-state index in [-0.39, 0.29) is 11.8 Å². The normalized spacial score (nSPS) is 12.2. The van der Waals surface area contributed by atoms with E-state index < -0.39 is 6.10 Å². The van der Waals surface area contributed by atoms with Crippen LogP contribution in [0.4, 0.5) is 5.69 Å². The van der Waals surface area contributed by atoms with Crippen LogP contribution in [0, 0.1) is 17.2 Å². The number of rotatable bonds is 8. The Labute approximate surface area is 177 Å². The minimum Gasteiger partial charge on any atom is -0.479 e. The Bertz CT molecular complexity index is 1060. The molecule has 30 heavy (non-hydrogen) atoms. The smallest absolute Gasteiger partial charge is 0.265 e. The number of nitrogens with zero attached hydrogens (tertiary/aromatic N) is 3. The van der Waals surface area contributed by atoms with Gasteiger partial charge in [0.2, 0.25) is 0 Å². The maximum absolute atomic E-state index is 12.9. The topological polar surface area (TPSA) is 70.3 Å². The van der Waals surface area contributed by atoms with Crippen molar-refractivity contribution in [3.05, 3.63) is 60.3 Å². The monoisotopic (exact) mass is 404 g/mol. The zero-order valence-electron chi connectivity index (χ0n) is 17.9. The third-order valence-electron chi connectivity index (χ3n) is 4.95. The molecule has 0 bridgehead atoms. The number of aromatic nitrogens is 1. The predicted octanol–water partition coefficient (Wildman–Crippen LogP) is 4.12. The molecule has 6 heteroatoms. The predicted molar refractivity (Wildman–Crippen MR) is 120 cm³/mol. The summed E-state index contributed by atoms with van der Waals surface area (Å²) in [4.78, 5) is 15.1. The van der Waals surface area contributed by atoms with Gasteiger partial charge in [-0.2, -0.15) is 5.26 Å². The average molecular weight is 405 g/mol. The molecule has 0 saturated heterocycles. The number of amides is 1. The first-order chi connectivity index (χ1) is 14.4. The lowest BCUT2D eigenvalue weighted by atomic mass is 10.1. The van der Waals surface area contributed by atoms with Gasteiger partial charge in [0.1, 0.15) is 11.8 Å². The average Bonchev–Trinajstić information content (AvgIpc) is 3.12. The Hall–Kier alpha value is -3.30. The van der Waals surface area contributed by atoms with Gasteiger partial charge in [0.15, 0.2) is 6.10 Å². The lowest BCUT2D eigenvalue weighted by molar-refractivity contribution is -0.124. The molecule has 2 aromatic carbocycles. The Morgan fingerprint density at radius 2 is 1.97 bits per heavy atom. The highest BCUT2D eigenvalue weighted by Gasteiger charge is 2.25. The molecule has 0 aliphatic heterocycles. The molecule has 3 rings (SSSR count). The maximum Gasteiger partial charge on any atom is 0.265 e. The second-order valence-corrected chi connectivity index (χ2v) is 7.97. The Morgan fingerprint density at radius 3 is 2.67 bits per heavy atom. The molecule has 1 atom stereocenters. The van der Waals surface area contributed by atoms with Crippen molar-refractivity contribution in [2.45, 2.75) is 26.5 Å². The van der Waals surface area contributed by atoms with Crippen molar-refractivity contribution < 1.29 is 9.53 Å². The summed E-state index contributed by atoms with van der Waals surface area (Å²) in [5, 5.41) is 13.3. The number of carbonyl (C=O) groups is 1. The molecular formula is C24H28N4O2. The number of para-hydroxylation sites is 1. The summed E-state index contributed by atoms with van der Waals surface area (Å²) in [5.41, 5.74) is 2.27. The van der Waals surface area contributed by atoms with Crippen molar-refractivity contribution in [2.24, 2.45) is 5.92 Å². The first-order valence-corrected chi connectivity index (χ1v) is 10.1. The minimum atomic E-state index is -0.708. The van der Waals surface area contributed by atoms with Crippen LogP contribution in [0.3, 0.4) is 0 Å². The van der Waals surface area contributed by atoms with E-state index in [4.69, 9.17) is 4.74 Å². The van der Waals surface area contributed by atoms with E-state index in [1.54, 1.807) is 24.3 Å². The molecule has 0 radical (unpaired) electrons. The number of nitrogens with one attached hydrogen (secondary N) is 1. The fraction of sp³-hybridized carbons (Fsp3) is 0.333. The molecule has 0 fully saturated rings. The van der Waals surface area contributed by atoms with E-state index in [1.165, 1.54) is 0 Å². The summed E-state index contributed by atoms with van der Waals surface area (Å²) in [6.07, 6.45) is 1.36. The van der Waals surface area contributed by atoms with E-state index in [0.29, 0.717) is 11.3 Å². The van der Waals surface area contributed by atoms with Crippen LogP contribution in [0.25, 0.3) is 10.9 Å². The van der Waals surface area contributed by atoms with E-state index >= 15 is 0 Å². The van der Waals surface area contributed by atoms with Crippen molar-refractivity contribution >= 4 is 22.5 Å². The molecule has 6 nitrogen and oxygen atoms in total. The zero-order chi connectivity index (χ0) is 21.7. The van der Waals surface area contributed by atoms with E-state index in [2.05, 4.69) is 47.2 Å². The van der Waals surface area contributed by atoms with Gasteiger partial charge < -0.3 is 19.5 Å². The second-order valence-electron chi connectivity index (χ2n) is 7.97. The summed E-state index contributed by atoms with van der Waals surface area (Å²) in [6.45, 7) is 5.71. The van der Waals surface area contributed by atoms with E-state index in [9.17, 15) is 10.1 Å². The molecule has 0 aliphatic carbocycles. The van der Waals surface area contributed by atoms with Gasteiger partial charge in [-0.1, -0.05) is 26.0 Å². The van der Waals surface area contributed by atoms with Crippen molar-refractivity contribution in [2.75, 3.05) is 26.0 Å². The minimum absolute atomic E-state index is 0.0624. The Balaban J connectivity index is 1.75. The van der Waals surface area contributed by atoms with Crippen molar-refractivity contribution in [3.63, 3.8) is 0 Å². The third kappa shape index (κ3) is 5.00. The fourth-order valence-corrected chi connectivity index (χ4v) is 3.28. The van der Waals surface area contributed by atoms with Gasteiger partial charge in [-0.05, 0) is 56.4 Å². The lowest BCUT2D eigenvalue weighted by Crippen LogP contribution is -2.37. The number of benzene rings is 2. The van der Waals surface area contributed by atoms with Gasteiger partial charge >= 0.3 is 0 Å². The summed E-state index contributed by atoms with van der Waals surface area (Å²) < 4.78 is 8.14. The highest BCUT2D eigenvalue weighted by Crippen LogP contribution is 2.24. The summed E-state index contributed by atoms with van der Waals surface area (Å²) in [6, 6.07) is 17.0. The molecule has 1 unspecified atom stereocenters. The van der Waals surface area contributed by atoms with E-state index in [1.807, 2.05) is 32.0 Å². The fourth-order valence-electron chi connectivity index (χ4n) is 3.28. The number of carbonyl (C=O) groups excluding carboxylic acids is 1. The van der Waals surface area contributed by atoms with Crippen LogP contribution in [0.1, 0.15) is 19.4 Å². The third-order valence-corrected chi connectivity index (χ3v) is 4.95. The summed E-state index contributed by atoms with van der Waals surface area (Å²) in [7, 11) is 4.11. The molecule has 0 spiro atoms. The van der Waals surface area contributed by atoms with Gasteiger partial charge in [0.25, 0.3) is 5.91 Å². The number of fused-ring (bicyclic) bond motifs is 1. The van der Waals surface area contributed by atoms with Crippen LogP contribution in [0.15, 0.2) is 54.7 Å². The van der Waals surface area contributed by atoms with Crippen molar-refractivity contribution in [3.8, 4) is 11.8 Å². The van der Waals surface area contributed by atoms with Crippen molar-refractivity contribution in [1.29, 1.82) is 5.26 Å². The highest BCUT2D eigenvalue weighted by atomic mass is 16.5. The standard InChI is InChI=1S/C24H28N4O2/c1-17(2)23(30-22-8-6-5-7-19(22)16-25)24(29)26-20-9-10-21-18(15-20)11-12-28(21)14-13-27(3)4/h5-12,15,17,23H,13-14H2,1-4H3,(H,26,29). The first-order valence-electron chi connectivity index (χ1n) is 10.1. The van der Waals surface area contributed by atoms with Crippen LogP contribution in [0.5, 0.6) is 5.75 Å². The molecule has 0 saturated carbocycles. The Morgan fingerprint density at radius 1 is 1.20 bits per heavy atom. The Kier molecular flexibility index (Phi) is 6.76. The van der Waals surface area contributed by atoms with Gasteiger partial charge in [0, 0.05) is 35.9 Å². The molecule has 3 aromatic rings. The number of anilines is 1. The SMILES string of the molecule is CC(C)C(Oc1ccccc1C#N)C(=O)Nc1ccc2c(ccn2CCN(C)C)c1. The number of nitriles is 1. The van der Waals surface area contributed by atoms with Crippen molar-refractivity contribution in [1.82, 2.24) is 9.47 Å². The molecule has 1 heterocycles. The highest BCUT2D eigenvalue weighted by molar-refractivity contribution is 5.96. The summed E-state index contributed by atoms with van der Waals surface area (Å²) in [5.74, 6) is 0.124. The van der Waals surface area contributed by atoms with Crippen LogP contribution in [-0.2, 0) is 11.3 Å². The van der Waals surface area contributed by atoms with Crippen LogP contribution in [0.2, 0.25) is 0 Å². The quantitative estimate of drug-likeness (QED) is 0.613. The van der Waals surface area contributed by atoms with Gasteiger partial charge in [-0.15, -0.1) is 0 Å². The molecular weight excluding hydrogens is 376 g/mol. The largest absolute Gasteiger partial charge is 0.479 e. The van der Waals surface area contributed by atoms with E-state index in [0.717, 1.165) is 29.7 Å². The molecule has 1 N–H and O–H groups in total. The number of hydrogen-bond acceptors (Lipinski definition) is 4. The number of ether oxygens (including phenoxy) is 1. The lowest BCUT2D eigenvalue weighted by Gasteiger charge is -2.22. The zero-order valence-corrected chi connectivity index (χ0v) is 17.9. The summed E-state index contributed by atoms with van der Waals surface area (Å²) >= 11 is 0. The van der Waals surface area contributed by atoms with Crippen LogP contribution < -0.4 is 10.1 Å².